The number of ether oxygens (including phenoxy) is 1. The zero-order valence-corrected chi connectivity index (χ0v) is 16.3. The quantitative estimate of drug-likeness (QED) is 0.550. The molecule has 4 heterocycles. The van der Waals surface area contributed by atoms with E-state index < -0.39 is 0 Å². The minimum absolute atomic E-state index is 0. The van der Waals surface area contributed by atoms with Crippen LogP contribution < -0.4 is 5.69 Å². The van der Waals surface area contributed by atoms with Crippen molar-refractivity contribution in [1.29, 1.82) is 0 Å². The highest BCUT2D eigenvalue weighted by Gasteiger charge is 2.18. The lowest BCUT2D eigenvalue weighted by atomic mass is 10.0. The standard InChI is InChI=1S/C19H20N6O2.ClH/c1-11-21-14-3-2-13(8-15(14)22-11)16-9-20-17-18(23-16)25(19(26)24-17)10-12-4-6-27-7-5-12;/h2-3,8-9,12H,4-7,10H2,1H3,(H,21,22)(H,20,24,26);1H. The fraction of sp³-hybridized carbons (Fsp3) is 0.368. The van der Waals surface area contributed by atoms with E-state index in [0.717, 1.165) is 54.2 Å². The highest BCUT2D eigenvalue weighted by molar-refractivity contribution is 5.85. The van der Waals surface area contributed by atoms with Crippen molar-refractivity contribution in [1.82, 2.24) is 29.5 Å². The van der Waals surface area contributed by atoms with Crippen LogP contribution in [0.5, 0.6) is 0 Å². The third kappa shape index (κ3) is 3.29. The molecule has 5 rings (SSSR count). The van der Waals surface area contributed by atoms with Crippen molar-refractivity contribution in [2.45, 2.75) is 26.3 Å². The number of nitrogens with one attached hydrogen (secondary N) is 2. The van der Waals surface area contributed by atoms with E-state index in [-0.39, 0.29) is 18.1 Å². The summed E-state index contributed by atoms with van der Waals surface area (Å²) in [5, 5.41) is 0. The molecule has 28 heavy (non-hydrogen) atoms. The number of hydrogen-bond donors (Lipinski definition) is 2. The minimum atomic E-state index is -0.159. The Morgan fingerprint density at radius 3 is 2.86 bits per heavy atom. The Hall–Kier alpha value is -2.71. The average Bonchev–Trinajstić information content (AvgIpc) is 3.20. The van der Waals surface area contributed by atoms with E-state index in [0.29, 0.717) is 23.8 Å². The molecule has 9 heteroatoms. The van der Waals surface area contributed by atoms with Gasteiger partial charge in [-0.2, -0.15) is 0 Å². The van der Waals surface area contributed by atoms with Crippen molar-refractivity contribution in [2.75, 3.05) is 13.2 Å². The molecule has 0 spiro atoms. The molecular formula is C19H21ClN6O2. The maximum Gasteiger partial charge on any atom is 0.328 e. The summed E-state index contributed by atoms with van der Waals surface area (Å²) in [4.78, 5) is 32.1. The van der Waals surface area contributed by atoms with E-state index in [9.17, 15) is 4.79 Å². The Morgan fingerprint density at radius 2 is 2.04 bits per heavy atom. The minimum Gasteiger partial charge on any atom is -0.381 e. The molecule has 1 aromatic carbocycles. The highest BCUT2D eigenvalue weighted by Crippen LogP contribution is 2.23. The van der Waals surface area contributed by atoms with Gasteiger partial charge in [0.15, 0.2) is 11.3 Å². The van der Waals surface area contributed by atoms with Crippen LogP contribution in [-0.4, -0.2) is 42.7 Å². The Kier molecular flexibility index (Phi) is 4.91. The second-order valence-electron chi connectivity index (χ2n) is 7.08. The predicted octanol–water partition coefficient (Wildman–Crippen LogP) is 2.82. The van der Waals surface area contributed by atoms with Gasteiger partial charge in [0.05, 0.1) is 22.9 Å². The maximum absolute atomic E-state index is 12.4. The molecule has 146 valence electrons. The Labute approximate surface area is 166 Å². The van der Waals surface area contributed by atoms with Crippen LogP contribution >= 0.6 is 12.4 Å². The molecule has 0 saturated carbocycles. The van der Waals surface area contributed by atoms with Crippen LogP contribution in [0.25, 0.3) is 33.6 Å². The van der Waals surface area contributed by atoms with E-state index in [1.54, 1.807) is 10.8 Å². The lowest BCUT2D eigenvalue weighted by Crippen LogP contribution is -2.26. The molecule has 0 aliphatic carbocycles. The number of aryl methyl sites for hydroxylation is 1. The summed E-state index contributed by atoms with van der Waals surface area (Å²) in [5.74, 6) is 1.30. The summed E-state index contributed by atoms with van der Waals surface area (Å²) in [6, 6.07) is 5.96. The Balaban J connectivity index is 0.00000192. The van der Waals surface area contributed by atoms with Crippen LogP contribution in [0.1, 0.15) is 18.7 Å². The van der Waals surface area contributed by atoms with E-state index in [1.165, 1.54) is 0 Å². The number of fused-ring (bicyclic) bond motifs is 2. The number of H-pyrrole nitrogens is 2. The smallest absolute Gasteiger partial charge is 0.328 e. The summed E-state index contributed by atoms with van der Waals surface area (Å²) in [6.07, 6.45) is 3.62. The summed E-state index contributed by atoms with van der Waals surface area (Å²) in [6.45, 7) is 4.07. The van der Waals surface area contributed by atoms with Gasteiger partial charge in [0, 0.05) is 25.3 Å². The summed E-state index contributed by atoms with van der Waals surface area (Å²) >= 11 is 0. The van der Waals surface area contributed by atoms with Crippen LogP contribution in [-0.2, 0) is 11.3 Å². The fourth-order valence-corrected chi connectivity index (χ4v) is 3.71. The largest absolute Gasteiger partial charge is 0.381 e. The van der Waals surface area contributed by atoms with Crippen molar-refractivity contribution in [3.05, 3.63) is 40.7 Å². The van der Waals surface area contributed by atoms with Crippen molar-refractivity contribution >= 4 is 34.7 Å². The topological polar surface area (TPSA) is 101 Å². The van der Waals surface area contributed by atoms with Crippen LogP contribution in [0.4, 0.5) is 0 Å². The van der Waals surface area contributed by atoms with E-state index >= 15 is 0 Å². The zero-order chi connectivity index (χ0) is 18.4. The molecule has 8 nitrogen and oxygen atoms in total. The maximum atomic E-state index is 12.4. The van der Waals surface area contributed by atoms with Gasteiger partial charge in [-0.25, -0.2) is 19.7 Å². The van der Waals surface area contributed by atoms with Gasteiger partial charge in [0.1, 0.15) is 5.82 Å². The van der Waals surface area contributed by atoms with Crippen molar-refractivity contribution < 1.29 is 4.74 Å². The van der Waals surface area contributed by atoms with Crippen molar-refractivity contribution in [3.63, 3.8) is 0 Å². The molecule has 1 saturated heterocycles. The SMILES string of the molecule is Cc1nc2ccc(-c3cnc4[nH]c(=O)n(CC5CCOCC5)c4n3)cc2[nH]1.Cl. The Bertz CT molecular complexity index is 1190. The highest BCUT2D eigenvalue weighted by atomic mass is 35.5. The molecule has 1 fully saturated rings. The summed E-state index contributed by atoms with van der Waals surface area (Å²) in [7, 11) is 0. The molecular weight excluding hydrogens is 380 g/mol. The van der Waals surface area contributed by atoms with Crippen molar-refractivity contribution in [2.24, 2.45) is 5.92 Å². The monoisotopic (exact) mass is 400 g/mol. The van der Waals surface area contributed by atoms with E-state index in [1.807, 2.05) is 25.1 Å². The van der Waals surface area contributed by atoms with Gasteiger partial charge in [0.2, 0.25) is 0 Å². The number of halogens is 1. The lowest BCUT2D eigenvalue weighted by Gasteiger charge is -2.21. The Morgan fingerprint density at radius 1 is 1.21 bits per heavy atom. The number of imidazole rings is 2. The van der Waals surface area contributed by atoms with Crippen LogP contribution in [0.15, 0.2) is 29.2 Å². The first-order valence-corrected chi connectivity index (χ1v) is 9.17. The van der Waals surface area contributed by atoms with Gasteiger partial charge in [-0.1, -0.05) is 6.07 Å². The van der Waals surface area contributed by atoms with Gasteiger partial charge in [-0.3, -0.25) is 9.55 Å². The first kappa shape index (κ1) is 18.6. The van der Waals surface area contributed by atoms with Gasteiger partial charge < -0.3 is 9.72 Å². The van der Waals surface area contributed by atoms with Crippen molar-refractivity contribution in [3.8, 4) is 11.3 Å². The van der Waals surface area contributed by atoms with Gasteiger partial charge in [0.25, 0.3) is 0 Å². The second-order valence-corrected chi connectivity index (χ2v) is 7.08. The molecule has 4 aromatic rings. The first-order chi connectivity index (χ1) is 13.2. The summed E-state index contributed by atoms with van der Waals surface area (Å²) in [5.41, 5.74) is 4.51. The molecule has 3 aromatic heterocycles. The molecule has 0 atom stereocenters. The second kappa shape index (κ2) is 7.37. The van der Waals surface area contributed by atoms with E-state index in [4.69, 9.17) is 9.72 Å². The van der Waals surface area contributed by atoms with Gasteiger partial charge >= 0.3 is 5.69 Å². The average molecular weight is 401 g/mol. The number of aromatic amines is 2. The normalized spacial score (nSPS) is 15.2. The molecule has 0 bridgehead atoms. The number of benzene rings is 1. The third-order valence-electron chi connectivity index (χ3n) is 5.16. The van der Waals surface area contributed by atoms with Crippen LogP contribution in [0, 0.1) is 12.8 Å². The van der Waals surface area contributed by atoms with Crippen LogP contribution in [0.3, 0.4) is 0 Å². The molecule has 0 unspecified atom stereocenters. The number of hydrogen-bond acceptors (Lipinski definition) is 5. The third-order valence-corrected chi connectivity index (χ3v) is 5.16. The van der Waals surface area contributed by atoms with Gasteiger partial charge in [-0.05, 0) is 37.8 Å². The zero-order valence-electron chi connectivity index (χ0n) is 15.4. The number of aromatic nitrogens is 6. The first-order valence-electron chi connectivity index (χ1n) is 9.17. The molecule has 0 amide bonds. The lowest BCUT2D eigenvalue weighted by molar-refractivity contribution is 0.0613. The van der Waals surface area contributed by atoms with Crippen LogP contribution in [0.2, 0.25) is 0 Å². The molecule has 2 N–H and O–H groups in total. The predicted molar refractivity (Wildman–Crippen MR) is 109 cm³/mol. The fourth-order valence-electron chi connectivity index (χ4n) is 3.71. The number of rotatable bonds is 3. The van der Waals surface area contributed by atoms with Gasteiger partial charge in [-0.15, -0.1) is 12.4 Å². The molecule has 1 aliphatic rings. The molecule has 0 radical (unpaired) electrons. The summed E-state index contributed by atoms with van der Waals surface area (Å²) < 4.78 is 7.13. The van der Waals surface area contributed by atoms with E-state index in [2.05, 4.69) is 19.9 Å². The number of nitrogens with zero attached hydrogens (tertiary/aromatic N) is 4. The molecule has 1 aliphatic heterocycles.